The Morgan fingerprint density at radius 2 is 1.79 bits per heavy atom. The third-order valence-electron chi connectivity index (χ3n) is 3.16. The molecule has 0 aliphatic heterocycles. The van der Waals surface area contributed by atoms with E-state index in [9.17, 15) is 15.0 Å². The topological polar surface area (TPSA) is 154 Å². The fourth-order valence-electron chi connectivity index (χ4n) is 1.93. The van der Waals surface area contributed by atoms with Gasteiger partial charge in [0.05, 0.1) is 18.2 Å². The molecule has 9 heteroatoms. The molecule has 1 aromatic carbocycles. The number of aliphatic hydroxyl groups is 2. The summed E-state index contributed by atoms with van der Waals surface area (Å²) in [5.41, 5.74) is 12.6. The number of carbonyl (C=O) groups excluding carboxylic acids is 1. The van der Waals surface area contributed by atoms with Crippen LogP contribution in [0, 0.1) is 0 Å². The van der Waals surface area contributed by atoms with Crippen molar-refractivity contribution in [1.29, 1.82) is 0 Å². The van der Waals surface area contributed by atoms with Gasteiger partial charge in [-0.25, -0.2) is 4.79 Å². The molecule has 0 amide bonds. The largest absolute Gasteiger partial charge is 0.465 e. The first-order valence-electron chi connectivity index (χ1n) is 6.98. The first kappa shape index (κ1) is 17.4. The van der Waals surface area contributed by atoms with Gasteiger partial charge in [0.2, 0.25) is 18.1 Å². The second-order valence-electron chi connectivity index (χ2n) is 4.97. The van der Waals surface area contributed by atoms with Crippen molar-refractivity contribution >= 4 is 17.7 Å². The Morgan fingerprint density at radius 1 is 1.17 bits per heavy atom. The summed E-state index contributed by atoms with van der Waals surface area (Å²) in [4.78, 5) is 19.3. The van der Waals surface area contributed by atoms with Crippen LogP contribution in [-0.4, -0.2) is 45.7 Å². The Labute approximate surface area is 137 Å². The summed E-state index contributed by atoms with van der Waals surface area (Å²) < 4.78 is 9.86. The third kappa shape index (κ3) is 3.70. The summed E-state index contributed by atoms with van der Waals surface area (Å²) in [6.07, 6.45) is -2.68. The molecular formula is C15H18N4O5. The van der Waals surface area contributed by atoms with E-state index in [1.807, 2.05) is 0 Å². The van der Waals surface area contributed by atoms with E-state index in [4.69, 9.17) is 16.2 Å². The molecule has 0 aliphatic carbocycles. The second kappa shape index (κ2) is 7.11. The Kier molecular flexibility index (Phi) is 5.17. The fraction of sp³-hybridized carbons (Fsp3) is 0.267. The average Bonchev–Trinajstić information content (AvgIpc) is 2.53. The number of ether oxygens (including phenoxy) is 2. The average molecular weight is 334 g/mol. The number of aromatic nitrogens is 2. The smallest absolute Gasteiger partial charge is 0.337 e. The van der Waals surface area contributed by atoms with Gasteiger partial charge in [-0.3, -0.25) is 0 Å². The number of benzene rings is 1. The molecular weight excluding hydrogens is 316 g/mol. The van der Waals surface area contributed by atoms with Crippen LogP contribution in [0.25, 0.3) is 11.1 Å². The van der Waals surface area contributed by atoms with Crippen molar-refractivity contribution in [3.05, 3.63) is 29.8 Å². The fourth-order valence-corrected chi connectivity index (χ4v) is 1.93. The van der Waals surface area contributed by atoms with Crippen molar-refractivity contribution < 1.29 is 24.5 Å². The minimum atomic E-state index is -1.52. The second-order valence-corrected chi connectivity index (χ2v) is 4.97. The normalized spacial score (nSPS) is 13.2. The highest BCUT2D eigenvalue weighted by Gasteiger charge is 2.20. The van der Waals surface area contributed by atoms with Crippen LogP contribution < -0.4 is 16.2 Å². The third-order valence-corrected chi connectivity index (χ3v) is 3.16. The lowest BCUT2D eigenvalue weighted by molar-refractivity contribution is -0.0976. The van der Waals surface area contributed by atoms with Crippen molar-refractivity contribution in [2.75, 3.05) is 18.6 Å². The van der Waals surface area contributed by atoms with E-state index in [2.05, 4.69) is 14.7 Å². The molecule has 0 aliphatic rings. The molecule has 1 heterocycles. The Morgan fingerprint density at radius 3 is 2.33 bits per heavy atom. The van der Waals surface area contributed by atoms with Crippen molar-refractivity contribution in [3.8, 4) is 17.0 Å². The number of nitrogen functional groups attached to an aromatic ring is 2. The van der Waals surface area contributed by atoms with Gasteiger partial charge in [-0.1, -0.05) is 12.1 Å². The molecule has 0 spiro atoms. The molecule has 6 N–H and O–H groups in total. The maximum atomic E-state index is 11.5. The summed E-state index contributed by atoms with van der Waals surface area (Å²) in [6, 6.07) is 6.26. The Balaban J connectivity index is 2.46. The summed E-state index contributed by atoms with van der Waals surface area (Å²) in [5.74, 6) is -0.681. The maximum Gasteiger partial charge on any atom is 0.337 e. The van der Waals surface area contributed by atoms with Crippen LogP contribution in [0.5, 0.6) is 5.88 Å². The van der Waals surface area contributed by atoms with Crippen molar-refractivity contribution in [2.45, 2.75) is 19.3 Å². The molecule has 0 saturated heterocycles. The Bertz CT molecular complexity index is 733. The molecule has 128 valence electrons. The van der Waals surface area contributed by atoms with Crippen molar-refractivity contribution in [1.82, 2.24) is 9.97 Å². The first-order valence-corrected chi connectivity index (χ1v) is 6.98. The standard InChI is InChI=1S/C15H18N4O5/c1-7(20)13(21)24-12-10(11(16)18-15(17)19-12)8-3-5-9(6-4-8)14(22)23-2/h3-7,13,20-21H,1-2H3,(H4,16,17,18,19)/t7-,13-/m0/s1. The van der Waals surface area contributed by atoms with Gasteiger partial charge in [0, 0.05) is 0 Å². The summed E-state index contributed by atoms with van der Waals surface area (Å²) >= 11 is 0. The first-order chi connectivity index (χ1) is 11.3. The van der Waals surface area contributed by atoms with Gasteiger partial charge in [0.15, 0.2) is 0 Å². The molecule has 0 unspecified atom stereocenters. The zero-order valence-electron chi connectivity index (χ0n) is 13.1. The molecule has 0 radical (unpaired) electrons. The molecule has 2 aromatic rings. The molecule has 0 bridgehead atoms. The lowest BCUT2D eigenvalue weighted by Crippen LogP contribution is -2.29. The zero-order valence-corrected chi connectivity index (χ0v) is 13.1. The minimum absolute atomic E-state index is 0.0288. The maximum absolute atomic E-state index is 11.5. The minimum Gasteiger partial charge on any atom is -0.465 e. The van der Waals surface area contributed by atoms with Crippen LogP contribution in [0.15, 0.2) is 24.3 Å². The van der Waals surface area contributed by atoms with E-state index in [-0.39, 0.29) is 23.2 Å². The zero-order chi connectivity index (χ0) is 17.9. The number of hydrogen-bond acceptors (Lipinski definition) is 9. The van der Waals surface area contributed by atoms with Crippen LogP contribution in [-0.2, 0) is 4.74 Å². The van der Waals surface area contributed by atoms with E-state index in [0.717, 1.165) is 0 Å². The van der Waals surface area contributed by atoms with E-state index >= 15 is 0 Å². The highest BCUT2D eigenvalue weighted by Crippen LogP contribution is 2.34. The molecule has 9 nitrogen and oxygen atoms in total. The number of carbonyl (C=O) groups is 1. The van der Waals surface area contributed by atoms with Crippen molar-refractivity contribution in [2.24, 2.45) is 0 Å². The van der Waals surface area contributed by atoms with Crippen LogP contribution in [0.3, 0.4) is 0 Å². The highest BCUT2D eigenvalue weighted by atomic mass is 16.6. The molecule has 0 fully saturated rings. The van der Waals surface area contributed by atoms with Gasteiger partial charge in [0.1, 0.15) is 11.9 Å². The van der Waals surface area contributed by atoms with E-state index in [1.165, 1.54) is 26.2 Å². The SMILES string of the molecule is COC(=O)c1ccc(-c2c(N)nc(N)nc2O[C@H](O)[C@H](C)O)cc1. The van der Waals surface area contributed by atoms with Gasteiger partial charge < -0.3 is 31.2 Å². The number of hydrogen-bond donors (Lipinski definition) is 4. The summed E-state index contributed by atoms with van der Waals surface area (Å²) in [5, 5.41) is 19.1. The van der Waals surface area contributed by atoms with E-state index in [0.29, 0.717) is 11.1 Å². The number of esters is 1. The molecule has 2 rings (SSSR count). The molecule has 1 aromatic heterocycles. The molecule has 2 atom stereocenters. The predicted octanol–water partition coefficient (Wildman–Crippen LogP) is 0.173. The van der Waals surface area contributed by atoms with Gasteiger partial charge in [-0.05, 0) is 24.6 Å². The van der Waals surface area contributed by atoms with Crippen molar-refractivity contribution in [3.63, 3.8) is 0 Å². The lowest BCUT2D eigenvalue weighted by Gasteiger charge is -2.18. The predicted molar refractivity (Wildman–Crippen MR) is 85.9 cm³/mol. The monoisotopic (exact) mass is 334 g/mol. The lowest BCUT2D eigenvalue weighted by atomic mass is 10.1. The van der Waals surface area contributed by atoms with E-state index in [1.54, 1.807) is 12.1 Å². The highest BCUT2D eigenvalue weighted by molar-refractivity contribution is 5.90. The number of anilines is 2. The quantitative estimate of drug-likeness (QED) is 0.442. The number of rotatable bonds is 5. The number of nitrogens with zero attached hydrogens (tertiary/aromatic N) is 2. The van der Waals surface area contributed by atoms with Gasteiger partial charge in [-0.2, -0.15) is 9.97 Å². The van der Waals surface area contributed by atoms with Crippen LogP contribution in [0.4, 0.5) is 11.8 Å². The van der Waals surface area contributed by atoms with Crippen LogP contribution in [0.2, 0.25) is 0 Å². The van der Waals surface area contributed by atoms with Gasteiger partial charge in [-0.15, -0.1) is 0 Å². The molecule has 24 heavy (non-hydrogen) atoms. The summed E-state index contributed by atoms with van der Waals surface area (Å²) in [6.45, 7) is 1.35. The Hall–Kier alpha value is -2.91. The van der Waals surface area contributed by atoms with E-state index < -0.39 is 18.4 Å². The van der Waals surface area contributed by atoms with Gasteiger partial charge in [0.25, 0.3) is 0 Å². The van der Waals surface area contributed by atoms with Crippen LogP contribution >= 0.6 is 0 Å². The number of methoxy groups -OCH3 is 1. The molecule has 0 saturated carbocycles. The number of aliphatic hydroxyl groups excluding tert-OH is 2. The van der Waals surface area contributed by atoms with Gasteiger partial charge >= 0.3 is 5.97 Å². The summed E-state index contributed by atoms with van der Waals surface area (Å²) in [7, 11) is 1.28. The number of nitrogens with two attached hydrogens (primary N) is 2. The van der Waals surface area contributed by atoms with Crippen LogP contribution in [0.1, 0.15) is 17.3 Å².